The molecule has 0 aliphatic heterocycles. The van der Waals surface area contributed by atoms with Gasteiger partial charge in [-0.2, -0.15) is 23.3 Å². The van der Waals surface area contributed by atoms with Gasteiger partial charge in [-0.25, -0.2) is 4.98 Å². The van der Waals surface area contributed by atoms with Crippen LogP contribution in [0.4, 0.5) is 24.9 Å². The Morgan fingerprint density at radius 2 is 2.09 bits per heavy atom. The summed E-state index contributed by atoms with van der Waals surface area (Å²) in [5, 5.41) is 6.59. The van der Waals surface area contributed by atoms with E-state index in [2.05, 4.69) is 20.4 Å². The van der Waals surface area contributed by atoms with Crippen LogP contribution in [0.3, 0.4) is 0 Å². The minimum absolute atomic E-state index is 0.0882. The van der Waals surface area contributed by atoms with Gasteiger partial charge in [-0.15, -0.1) is 0 Å². The number of alkyl halides is 3. The molecule has 6 nitrogen and oxygen atoms in total. The normalized spacial score (nSPS) is 15.0. The molecular formula is C13H14ClF3N6. The number of rotatable bonds is 4. The first-order valence-corrected chi connectivity index (χ1v) is 7.33. The van der Waals surface area contributed by atoms with Crippen molar-refractivity contribution in [1.82, 2.24) is 19.7 Å². The van der Waals surface area contributed by atoms with Crippen LogP contribution in [0.5, 0.6) is 0 Å². The minimum atomic E-state index is -4.66. The summed E-state index contributed by atoms with van der Waals surface area (Å²) < 4.78 is 41.8. The Morgan fingerprint density at radius 1 is 1.39 bits per heavy atom. The summed E-state index contributed by atoms with van der Waals surface area (Å²) in [5.74, 6) is -0.194. The summed E-state index contributed by atoms with van der Waals surface area (Å²) in [6, 6.07) is 0. The Bertz CT molecular complexity index is 738. The van der Waals surface area contributed by atoms with Gasteiger partial charge < -0.3 is 11.1 Å². The van der Waals surface area contributed by atoms with Crippen LogP contribution in [0.15, 0.2) is 6.20 Å². The Kier molecular flexibility index (Phi) is 3.83. The van der Waals surface area contributed by atoms with Gasteiger partial charge in [0.2, 0.25) is 5.95 Å². The number of nitrogen functional groups attached to an aromatic ring is 1. The minimum Gasteiger partial charge on any atom is -0.372 e. The zero-order valence-corrected chi connectivity index (χ0v) is 12.9. The molecule has 1 saturated carbocycles. The average Bonchev–Trinajstić information content (AvgIpc) is 3.20. The lowest BCUT2D eigenvalue weighted by molar-refractivity contribution is -0.136. The first kappa shape index (κ1) is 15.9. The second kappa shape index (κ2) is 5.55. The third-order valence-electron chi connectivity index (χ3n) is 3.60. The third-order valence-corrected chi connectivity index (χ3v) is 4.00. The van der Waals surface area contributed by atoms with E-state index in [1.165, 1.54) is 17.9 Å². The van der Waals surface area contributed by atoms with Gasteiger partial charge in [-0.3, -0.25) is 4.68 Å². The summed E-state index contributed by atoms with van der Waals surface area (Å²) in [7, 11) is 1.33. The van der Waals surface area contributed by atoms with E-state index < -0.39 is 17.6 Å². The van der Waals surface area contributed by atoms with Crippen molar-refractivity contribution in [2.75, 3.05) is 18.1 Å². The molecule has 10 heteroatoms. The molecule has 0 atom stereocenters. The van der Waals surface area contributed by atoms with E-state index >= 15 is 0 Å². The van der Waals surface area contributed by atoms with Gasteiger partial charge in [0.15, 0.2) is 0 Å². The summed E-state index contributed by atoms with van der Waals surface area (Å²) in [4.78, 5) is 7.36. The van der Waals surface area contributed by atoms with Crippen LogP contribution in [0.1, 0.15) is 18.4 Å². The highest BCUT2D eigenvalue weighted by Gasteiger charge is 2.40. The Hall–Kier alpha value is -2.03. The van der Waals surface area contributed by atoms with Crippen molar-refractivity contribution in [3.8, 4) is 11.3 Å². The SMILES string of the molecule is CNc1nc(N)nc(-c2cnn(CC3CC3)c2Cl)c1C(F)(F)F. The van der Waals surface area contributed by atoms with Crippen LogP contribution in [0, 0.1) is 5.92 Å². The van der Waals surface area contributed by atoms with Gasteiger partial charge in [0.25, 0.3) is 0 Å². The van der Waals surface area contributed by atoms with Gasteiger partial charge >= 0.3 is 6.18 Å². The van der Waals surface area contributed by atoms with E-state index in [9.17, 15) is 13.2 Å². The highest BCUT2D eigenvalue weighted by atomic mass is 35.5. The predicted molar refractivity (Wildman–Crippen MR) is 79.9 cm³/mol. The number of hydrogen-bond donors (Lipinski definition) is 2. The van der Waals surface area contributed by atoms with Crippen molar-refractivity contribution >= 4 is 23.4 Å². The van der Waals surface area contributed by atoms with Crippen molar-refractivity contribution in [2.45, 2.75) is 25.6 Å². The molecule has 1 fully saturated rings. The molecule has 2 heterocycles. The van der Waals surface area contributed by atoms with E-state index in [0.717, 1.165) is 12.8 Å². The maximum atomic E-state index is 13.4. The molecule has 124 valence electrons. The van der Waals surface area contributed by atoms with Crippen LogP contribution in [0.2, 0.25) is 5.15 Å². The van der Waals surface area contributed by atoms with Crippen LogP contribution < -0.4 is 11.1 Å². The van der Waals surface area contributed by atoms with Crippen molar-refractivity contribution < 1.29 is 13.2 Å². The fraction of sp³-hybridized carbons (Fsp3) is 0.462. The predicted octanol–water partition coefficient (Wildman–Crippen LogP) is 3.05. The summed E-state index contributed by atoms with van der Waals surface area (Å²) in [6.45, 7) is 0.583. The van der Waals surface area contributed by atoms with E-state index in [1.54, 1.807) is 0 Å². The number of nitrogens with zero attached hydrogens (tertiary/aromatic N) is 4. The Labute approximate surface area is 134 Å². The van der Waals surface area contributed by atoms with Crippen molar-refractivity contribution in [2.24, 2.45) is 5.92 Å². The quantitative estimate of drug-likeness (QED) is 0.889. The van der Waals surface area contributed by atoms with Crippen LogP contribution in [0.25, 0.3) is 11.3 Å². The number of aromatic nitrogens is 4. The summed E-state index contributed by atoms with van der Waals surface area (Å²) in [6.07, 6.45) is -1.24. The van der Waals surface area contributed by atoms with Crippen LogP contribution >= 0.6 is 11.6 Å². The first-order chi connectivity index (χ1) is 10.8. The van der Waals surface area contributed by atoms with Gasteiger partial charge in [-0.1, -0.05) is 11.6 Å². The molecule has 3 N–H and O–H groups in total. The molecule has 0 radical (unpaired) electrons. The highest BCUT2D eigenvalue weighted by Crippen LogP contribution is 2.42. The molecule has 0 bridgehead atoms. The molecule has 3 rings (SSSR count). The highest BCUT2D eigenvalue weighted by molar-refractivity contribution is 6.32. The van der Waals surface area contributed by atoms with Gasteiger partial charge in [0.05, 0.1) is 17.5 Å². The second-order valence-electron chi connectivity index (χ2n) is 5.38. The maximum Gasteiger partial charge on any atom is 0.422 e. The van der Waals surface area contributed by atoms with Crippen LogP contribution in [-0.4, -0.2) is 26.8 Å². The van der Waals surface area contributed by atoms with E-state index in [1.807, 2.05) is 0 Å². The molecule has 0 spiro atoms. The molecule has 23 heavy (non-hydrogen) atoms. The Balaban J connectivity index is 2.15. The lowest BCUT2D eigenvalue weighted by Crippen LogP contribution is -2.15. The fourth-order valence-electron chi connectivity index (χ4n) is 2.32. The van der Waals surface area contributed by atoms with Crippen LogP contribution in [-0.2, 0) is 12.7 Å². The number of nitrogens with one attached hydrogen (secondary N) is 1. The molecule has 2 aromatic rings. The van der Waals surface area contributed by atoms with E-state index in [4.69, 9.17) is 17.3 Å². The number of nitrogens with two attached hydrogens (primary N) is 1. The van der Waals surface area contributed by atoms with E-state index in [-0.39, 0.29) is 22.4 Å². The molecule has 2 aromatic heterocycles. The first-order valence-electron chi connectivity index (χ1n) is 6.95. The largest absolute Gasteiger partial charge is 0.422 e. The third kappa shape index (κ3) is 3.05. The standard InChI is InChI=1S/C13H14ClF3N6/c1-19-11-8(13(15,16)17)9(21-12(18)22-11)7-4-20-23(10(7)14)5-6-2-3-6/h4,6H,2-3,5H2,1H3,(H3,18,19,21,22). The second-order valence-corrected chi connectivity index (χ2v) is 5.73. The zero-order chi connectivity index (χ0) is 16.8. The molecular weight excluding hydrogens is 333 g/mol. The fourth-order valence-corrected chi connectivity index (χ4v) is 2.57. The summed E-state index contributed by atoms with van der Waals surface area (Å²) >= 11 is 6.21. The number of anilines is 2. The number of hydrogen-bond acceptors (Lipinski definition) is 5. The molecule has 0 aromatic carbocycles. The molecule has 1 aliphatic carbocycles. The molecule has 0 amide bonds. The summed E-state index contributed by atoms with van der Waals surface area (Å²) in [5.41, 5.74) is 4.23. The monoisotopic (exact) mass is 346 g/mol. The molecule has 0 saturated heterocycles. The molecule has 1 aliphatic rings. The van der Waals surface area contributed by atoms with Crippen molar-refractivity contribution in [3.05, 3.63) is 16.9 Å². The lowest BCUT2D eigenvalue weighted by atomic mass is 10.1. The van der Waals surface area contributed by atoms with Gasteiger partial charge in [0.1, 0.15) is 16.5 Å². The van der Waals surface area contributed by atoms with Crippen molar-refractivity contribution in [1.29, 1.82) is 0 Å². The molecule has 0 unspecified atom stereocenters. The van der Waals surface area contributed by atoms with E-state index in [0.29, 0.717) is 12.5 Å². The maximum absolute atomic E-state index is 13.4. The topological polar surface area (TPSA) is 81.7 Å². The lowest BCUT2D eigenvalue weighted by Gasteiger charge is -2.15. The van der Waals surface area contributed by atoms with Gasteiger partial charge in [-0.05, 0) is 18.8 Å². The van der Waals surface area contributed by atoms with Gasteiger partial charge in [0, 0.05) is 13.6 Å². The number of halogens is 4. The average molecular weight is 347 g/mol. The zero-order valence-electron chi connectivity index (χ0n) is 12.2. The van der Waals surface area contributed by atoms with Crippen molar-refractivity contribution in [3.63, 3.8) is 0 Å². The Morgan fingerprint density at radius 3 is 2.65 bits per heavy atom. The smallest absolute Gasteiger partial charge is 0.372 e.